The predicted molar refractivity (Wildman–Crippen MR) is 120 cm³/mol. The van der Waals surface area contributed by atoms with Crippen LogP contribution in [0, 0.1) is 0 Å². The van der Waals surface area contributed by atoms with Gasteiger partial charge in [-0.25, -0.2) is 4.98 Å². The van der Waals surface area contributed by atoms with Gasteiger partial charge in [-0.05, 0) is 30.5 Å². The molecular weight excluding hydrogens is 407 g/mol. The average molecular weight is 435 g/mol. The number of benzene rings is 1. The van der Waals surface area contributed by atoms with E-state index in [2.05, 4.69) is 67.9 Å². The van der Waals surface area contributed by atoms with Crippen LogP contribution in [0.4, 0.5) is 0 Å². The third-order valence-corrected chi connectivity index (χ3v) is 5.77. The van der Waals surface area contributed by atoms with Gasteiger partial charge < -0.3 is 9.88 Å². The van der Waals surface area contributed by atoms with E-state index in [4.69, 9.17) is 5.10 Å². The highest BCUT2D eigenvalue weighted by Gasteiger charge is 2.21. The Balaban J connectivity index is 0.00000120. The van der Waals surface area contributed by atoms with Gasteiger partial charge in [-0.15, -0.1) is 24.8 Å². The van der Waals surface area contributed by atoms with Crippen molar-refractivity contribution in [2.75, 3.05) is 19.6 Å². The fraction of sp³-hybridized carbons (Fsp3) is 0.429. The largest absolute Gasteiger partial charge is 0.326 e. The standard InChI is InChI=1S/C21H26N6.2ClH/c1-16(14-25-9-6-17-4-2-3-5-18(17)15-25)26-10-8-23-21(26)20-12-19-13-22-7-11-27(19)24-20;;/h2-5,8,10,12,16,22H,6-7,9,11,13-15H2,1H3;2*1H. The molecule has 1 unspecified atom stereocenters. The molecule has 0 radical (unpaired) electrons. The zero-order chi connectivity index (χ0) is 18.2. The van der Waals surface area contributed by atoms with Crippen LogP contribution in [0.15, 0.2) is 42.7 Å². The summed E-state index contributed by atoms with van der Waals surface area (Å²) in [6.07, 6.45) is 5.13. The van der Waals surface area contributed by atoms with E-state index < -0.39 is 0 Å². The van der Waals surface area contributed by atoms with Gasteiger partial charge in [0.25, 0.3) is 0 Å². The van der Waals surface area contributed by atoms with E-state index in [1.54, 1.807) is 0 Å². The minimum Gasteiger partial charge on any atom is -0.326 e. The van der Waals surface area contributed by atoms with Crippen molar-refractivity contribution in [2.45, 2.75) is 39.0 Å². The topological polar surface area (TPSA) is 50.9 Å². The molecule has 3 aromatic rings. The van der Waals surface area contributed by atoms with Crippen molar-refractivity contribution in [1.82, 2.24) is 29.5 Å². The third kappa shape index (κ3) is 4.36. The van der Waals surface area contributed by atoms with Crippen LogP contribution in [0.1, 0.15) is 29.8 Å². The molecule has 0 saturated heterocycles. The fourth-order valence-corrected chi connectivity index (χ4v) is 4.34. The van der Waals surface area contributed by atoms with Crippen molar-refractivity contribution in [3.05, 3.63) is 59.5 Å². The van der Waals surface area contributed by atoms with Gasteiger partial charge in [-0.3, -0.25) is 9.58 Å². The van der Waals surface area contributed by atoms with Crippen LogP contribution in [-0.4, -0.2) is 43.9 Å². The molecule has 6 nitrogen and oxygen atoms in total. The van der Waals surface area contributed by atoms with Crippen LogP contribution in [0.5, 0.6) is 0 Å². The van der Waals surface area contributed by atoms with Crippen LogP contribution in [0.2, 0.25) is 0 Å². The lowest BCUT2D eigenvalue weighted by Gasteiger charge is -2.31. The molecule has 5 rings (SSSR count). The van der Waals surface area contributed by atoms with Gasteiger partial charge in [-0.2, -0.15) is 5.10 Å². The Morgan fingerprint density at radius 1 is 1.14 bits per heavy atom. The second kappa shape index (κ2) is 9.30. The minimum atomic E-state index is 0. The fourth-order valence-electron chi connectivity index (χ4n) is 4.34. The Hall–Kier alpha value is -1.86. The van der Waals surface area contributed by atoms with E-state index in [-0.39, 0.29) is 24.8 Å². The maximum atomic E-state index is 4.79. The number of nitrogens with zero attached hydrogens (tertiary/aromatic N) is 5. The molecule has 2 aromatic heterocycles. The Bertz CT molecular complexity index is 927. The summed E-state index contributed by atoms with van der Waals surface area (Å²) < 4.78 is 4.39. The lowest BCUT2D eigenvalue weighted by atomic mass is 9.99. The summed E-state index contributed by atoms with van der Waals surface area (Å²) in [6, 6.07) is 11.3. The smallest absolute Gasteiger partial charge is 0.160 e. The molecule has 8 heteroatoms. The molecule has 2 aliphatic rings. The van der Waals surface area contributed by atoms with E-state index >= 15 is 0 Å². The molecule has 0 bridgehead atoms. The summed E-state index contributed by atoms with van der Waals surface area (Å²) in [5.41, 5.74) is 5.19. The number of rotatable bonds is 4. The van der Waals surface area contributed by atoms with Crippen molar-refractivity contribution in [1.29, 1.82) is 0 Å². The number of imidazole rings is 1. The summed E-state index contributed by atoms with van der Waals surface area (Å²) in [5.74, 6) is 0.974. The Morgan fingerprint density at radius 2 is 1.97 bits per heavy atom. The first-order valence-electron chi connectivity index (χ1n) is 9.88. The van der Waals surface area contributed by atoms with Crippen LogP contribution < -0.4 is 5.32 Å². The average Bonchev–Trinajstić information content (AvgIpc) is 3.34. The first-order chi connectivity index (χ1) is 13.3. The van der Waals surface area contributed by atoms with Gasteiger partial charge in [0.2, 0.25) is 0 Å². The molecule has 0 aliphatic carbocycles. The molecule has 29 heavy (non-hydrogen) atoms. The molecular formula is C21H28Cl2N6. The second-order valence-electron chi connectivity index (χ2n) is 7.68. The zero-order valence-electron chi connectivity index (χ0n) is 16.6. The Kier molecular flexibility index (Phi) is 7.01. The summed E-state index contributed by atoms with van der Waals surface area (Å²) >= 11 is 0. The van der Waals surface area contributed by atoms with E-state index in [0.29, 0.717) is 6.04 Å². The maximum absolute atomic E-state index is 4.79. The number of aromatic nitrogens is 4. The monoisotopic (exact) mass is 434 g/mol. The quantitative estimate of drug-likeness (QED) is 0.683. The van der Waals surface area contributed by atoms with Crippen molar-refractivity contribution in [3.8, 4) is 11.5 Å². The number of halogens is 2. The SMILES string of the molecule is CC(CN1CCc2ccccc2C1)n1ccnc1-c1cc2n(n1)CCNC2.Cl.Cl. The van der Waals surface area contributed by atoms with Crippen LogP contribution in [-0.2, 0) is 26.1 Å². The van der Waals surface area contributed by atoms with Crippen molar-refractivity contribution in [2.24, 2.45) is 0 Å². The molecule has 0 saturated carbocycles. The summed E-state index contributed by atoms with van der Waals surface area (Å²) in [6.45, 7) is 8.26. The van der Waals surface area contributed by atoms with Crippen LogP contribution >= 0.6 is 24.8 Å². The van der Waals surface area contributed by atoms with E-state index in [1.165, 1.54) is 16.8 Å². The lowest BCUT2D eigenvalue weighted by molar-refractivity contribution is 0.221. The van der Waals surface area contributed by atoms with Crippen LogP contribution in [0.25, 0.3) is 11.5 Å². The number of nitrogens with one attached hydrogen (secondary N) is 1. The lowest BCUT2D eigenvalue weighted by Crippen LogP contribution is -2.34. The van der Waals surface area contributed by atoms with Gasteiger partial charge in [0, 0.05) is 51.2 Å². The van der Waals surface area contributed by atoms with Gasteiger partial charge in [-0.1, -0.05) is 24.3 Å². The summed E-state index contributed by atoms with van der Waals surface area (Å²) in [5, 5.41) is 8.20. The van der Waals surface area contributed by atoms with Gasteiger partial charge in [0.15, 0.2) is 5.82 Å². The third-order valence-electron chi connectivity index (χ3n) is 5.77. The zero-order valence-corrected chi connectivity index (χ0v) is 18.3. The predicted octanol–water partition coefficient (Wildman–Crippen LogP) is 3.31. The van der Waals surface area contributed by atoms with Gasteiger partial charge >= 0.3 is 0 Å². The van der Waals surface area contributed by atoms with Crippen molar-refractivity contribution >= 4 is 24.8 Å². The number of hydrogen-bond acceptors (Lipinski definition) is 4. The molecule has 4 heterocycles. The molecule has 1 aromatic carbocycles. The molecule has 2 aliphatic heterocycles. The normalized spacial score (nSPS) is 16.9. The highest BCUT2D eigenvalue weighted by molar-refractivity contribution is 5.85. The Morgan fingerprint density at radius 3 is 2.79 bits per heavy atom. The minimum absolute atomic E-state index is 0. The molecule has 0 spiro atoms. The summed E-state index contributed by atoms with van der Waals surface area (Å²) in [4.78, 5) is 7.18. The first-order valence-corrected chi connectivity index (χ1v) is 9.88. The van der Waals surface area contributed by atoms with Crippen molar-refractivity contribution in [3.63, 3.8) is 0 Å². The van der Waals surface area contributed by atoms with Gasteiger partial charge in [0.1, 0.15) is 5.69 Å². The number of fused-ring (bicyclic) bond motifs is 2. The molecule has 0 fully saturated rings. The maximum Gasteiger partial charge on any atom is 0.160 e. The van der Waals surface area contributed by atoms with Crippen LogP contribution in [0.3, 0.4) is 0 Å². The van der Waals surface area contributed by atoms with E-state index in [1.807, 2.05) is 6.20 Å². The Labute approximate surface area is 184 Å². The second-order valence-corrected chi connectivity index (χ2v) is 7.68. The molecule has 1 atom stereocenters. The van der Waals surface area contributed by atoms with E-state index in [0.717, 1.165) is 57.2 Å². The van der Waals surface area contributed by atoms with Gasteiger partial charge in [0.05, 0.1) is 12.2 Å². The molecule has 1 N–H and O–H groups in total. The van der Waals surface area contributed by atoms with Crippen molar-refractivity contribution < 1.29 is 0 Å². The molecule has 0 amide bonds. The van der Waals surface area contributed by atoms with E-state index in [9.17, 15) is 0 Å². The highest BCUT2D eigenvalue weighted by Crippen LogP contribution is 2.24. The first kappa shape index (κ1) is 21.8. The molecule has 156 valence electrons. The number of hydrogen-bond donors (Lipinski definition) is 1. The highest BCUT2D eigenvalue weighted by atomic mass is 35.5. The summed E-state index contributed by atoms with van der Waals surface area (Å²) in [7, 11) is 0.